The molecular formula is C16H22ClNO3. The number of aliphatic hydroxyl groups excluding tert-OH is 1. The van der Waals surface area contributed by atoms with Crippen LogP contribution in [0.4, 0.5) is 0 Å². The third-order valence-corrected chi connectivity index (χ3v) is 5.00. The molecule has 4 nitrogen and oxygen atoms in total. The Labute approximate surface area is 130 Å². The first-order valence-corrected chi connectivity index (χ1v) is 7.89. The highest BCUT2D eigenvalue weighted by molar-refractivity contribution is 6.30. The zero-order valence-electron chi connectivity index (χ0n) is 12.1. The second-order valence-corrected chi connectivity index (χ2v) is 6.52. The number of hydrogen-bond acceptors (Lipinski definition) is 4. The minimum Gasteiger partial charge on any atom is -0.492 e. The number of fused-ring (bicyclic) bond motifs is 1. The number of benzene rings is 1. The summed E-state index contributed by atoms with van der Waals surface area (Å²) in [5.41, 5.74) is 0.0402. The Morgan fingerprint density at radius 2 is 2.19 bits per heavy atom. The van der Waals surface area contributed by atoms with E-state index < -0.39 is 0 Å². The average molecular weight is 312 g/mol. The van der Waals surface area contributed by atoms with Gasteiger partial charge in [0.1, 0.15) is 12.4 Å². The summed E-state index contributed by atoms with van der Waals surface area (Å²) in [5, 5.41) is 10.5. The number of hydrogen-bond donors (Lipinski definition) is 1. The Hall–Kier alpha value is -0.810. The lowest BCUT2D eigenvalue weighted by molar-refractivity contribution is -0.0417. The van der Waals surface area contributed by atoms with E-state index in [4.69, 9.17) is 21.1 Å². The van der Waals surface area contributed by atoms with Crippen LogP contribution >= 0.6 is 11.6 Å². The van der Waals surface area contributed by atoms with Gasteiger partial charge in [0.25, 0.3) is 0 Å². The van der Waals surface area contributed by atoms with E-state index in [9.17, 15) is 5.11 Å². The molecule has 116 valence electrons. The summed E-state index contributed by atoms with van der Waals surface area (Å²) in [6, 6.07) is 7.43. The molecular weight excluding hydrogens is 290 g/mol. The van der Waals surface area contributed by atoms with Gasteiger partial charge in [0, 0.05) is 42.6 Å². The maximum atomic E-state index is 9.77. The molecule has 2 fully saturated rings. The SMILES string of the molecule is OC[C@]12CCOC[C@H]1CN(CCOc1ccc(Cl)cc1)C2. The molecule has 1 aromatic rings. The molecule has 0 radical (unpaired) electrons. The van der Waals surface area contributed by atoms with Crippen LogP contribution in [-0.4, -0.2) is 56.1 Å². The van der Waals surface area contributed by atoms with Crippen molar-refractivity contribution < 1.29 is 14.6 Å². The third kappa shape index (κ3) is 3.34. The largest absolute Gasteiger partial charge is 0.492 e. The molecule has 0 amide bonds. The fourth-order valence-corrected chi connectivity index (χ4v) is 3.54. The first-order valence-electron chi connectivity index (χ1n) is 7.51. The van der Waals surface area contributed by atoms with Crippen molar-refractivity contribution in [1.82, 2.24) is 4.90 Å². The number of likely N-dealkylation sites (tertiary alicyclic amines) is 1. The Kier molecular flexibility index (Phi) is 4.69. The number of rotatable bonds is 5. The minimum atomic E-state index is 0.0402. The first-order chi connectivity index (χ1) is 10.2. The third-order valence-electron chi connectivity index (χ3n) is 4.75. The number of aliphatic hydroxyl groups is 1. The summed E-state index contributed by atoms with van der Waals surface area (Å²) in [4.78, 5) is 2.38. The normalized spacial score (nSPS) is 29.3. The van der Waals surface area contributed by atoms with Gasteiger partial charge in [-0.2, -0.15) is 0 Å². The first kappa shape index (κ1) is 15.1. The molecule has 0 unspecified atom stereocenters. The summed E-state index contributed by atoms with van der Waals surface area (Å²) < 4.78 is 11.3. The molecule has 5 heteroatoms. The maximum absolute atomic E-state index is 9.77. The second kappa shape index (κ2) is 6.53. The molecule has 0 aromatic heterocycles. The summed E-state index contributed by atoms with van der Waals surface area (Å²) in [7, 11) is 0. The highest BCUT2D eigenvalue weighted by Crippen LogP contribution is 2.41. The average Bonchev–Trinajstić information content (AvgIpc) is 2.88. The Morgan fingerprint density at radius 1 is 1.38 bits per heavy atom. The standard InChI is InChI=1S/C16H22ClNO3/c17-14-1-3-15(4-2-14)21-8-6-18-9-13-10-20-7-5-16(13,11-18)12-19/h1-4,13,19H,5-12H2/t13-,16-/m1/s1. The molecule has 3 rings (SSSR count). The van der Waals surface area contributed by atoms with Crippen molar-refractivity contribution in [3.05, 3.63) is 29.3 Å². The van der Waals surface area contributed by atoms with E-state index in [0.717, 1.165) is 50.0 Å². The van der Waals surface area contributed by atoms with E-state index >= 15 is 0 Å². The highest BCUT2D eigenvalue weighted by Gasteiger charge is 2.47. The lowest BCUT2D eigenvalue weighted by Gasteiger charge is -2.36. The molecule has 1 aromatic carbocycles. The zero-order chi connectivity index (χ0) is 14.7. The van der Waals surface area contributed by atoms with Crippen molar-refractivity contribution in [1.29, 1.82) is 0 Å². The van der Waals surface area contributed by atoms with E-state index in [1.54, 1.807) is 0 Å². The van der Waals surface area contributed by atoms with Gasteiger partial charge in [0.2, 0.25) is 0 Å². The van der Waals surface area contributed by atoms with Gasteiger partial charge in [0.15, 0.2) is 0 Å². The Bertz CT molecular complexity index is 467. The quantitative estimate of drug-likeness (QED) is 0.904. The van der Waals surface area contributed by atoms with E-state index in [2.05, 4.69) is 4.90 Å². The molecule has 2 aliphatic heterocycles. The van der Waals surface area contributed by atoms with Crippen LogP contribution in [0.2, 0.25) is 5.02 Å². The molecule has 2 heterocycles. The number of halogens is 1. The minimum absolute atomic E-state index is 0.0402. The van der Waals surface area contributed by atoms with Gasteiger partial charge in [-0.3, -0.25) is 4.90 Å². The molecule has 0 bridgehead atoms. The van der Waals surface area contributed by atoms with Gasteiger partial charge >= 0.3 is 0 Å². The second-order valence-electron chi connectivity index (χ2n) is 6.08. The van der Waals surface area contributed by atoms with Crippen LogP contribution in [-0.2, 0) is 4.74 Å². The molecule has 0 aliphatic carbocycles. The van der Waals surface area contributed by atoms with Crippen molar-refractivity contribution >= 4 is 11.6 Å². The van der Waals surface area contributed by atoms with E-state index in [1.165, 1.54) is 0 Å². The smallest absolute Gasteiger partial charge is 0.119 e. The fraction of sp³-hybridized carbons (Fsp3) is 0.625. The van der Waals surface area contributed by atoms with E-state index in [0.29, 0.717) is 12.5 Å². The van der Waals surface area contributed by atoms with Gasteiger partial charge in [-0.1, -0.05) is 11.6 Å². The predicted molar refractivity (Wildman–Crippen MR) is 81.8 cm³/mol. The molecule has 1 N–H and O–H groups in total. The van der Waals surface area contributed by atoms with Crippen molar-refractivity contribution in [3.63, 3.8) is 0 Å². The van der Waals surface area contributed by atoms with Crippen molar-refractivity contribution in [2.75, 3.05) is 46.1 Å². The fourth-order valence-electron chi connectivity index (χ4n) is 3.41. The topological polar surface area (TPSA) is 41.9 Å². The predicted octanol–water partition coefficient (Wildman–Crippen LogP) is 2.05. The van der Waals surface area contributed by atoms with Gasteiger partial charge < -0.3 is 14.6 Å². The van der Waals surface area contributed by atoms with Crippen LogP contribution in [0.3, 0.4) is 0 Å². The van der Waals surface area contributed by atoms with E-state index in [-0.39, 0.29) is 12.0 Å². The van der Waals surface area contributed by atoms with Crippen LogP contribution in [0.1, 0.15) is 6.42 Å². The van der Waals surface area contributed by atoms with Gasteiger partial charge in [-0.15, -0.1) is 0 Å². The molecule has 0 spiro atoms. The lowest BCUT2D eigenvalue weighted by atomic mass is 9.75. The van der Waals surface area contributed by atoms with Crippen molar-refractivity contribution in [3.8, 4) is 5.75 Å². The number of ether oxygens (including phenoxy) is 2. The molecule has 21 heavy (non-hydrogen) atoms. The van der Waals surface area contributed by atoms with Crippen LogP contribution in [0.15, 0.2) is 24.3 Å². The van der Waals surface area contributed by atoms with Gasteiger partial charge in [0.05, 0.1) is 13.2 Å². The van der Waals surface area contributed by atoms with Crippen LogP contribution in [0.25, 0.3) is 0 Å². The highest BCUT2D eigenvalue weighted by atomic mass is 35.5. The van der Waals surface area contributed by atoms with Gasteiger partial charge in [-0.05, 0) is 30.7 Å². The Balaban J connectivity index is 1.49. The lowest BCUT2D eigenvalue weighted by Crippen LogP contribution is -2.41. The molecule has 0 saturated carbocycles. The molecule has 2 aliphatic rings. The van der Waals surface area contributed by atoms with Crippen LogP contribution < -0.4 is 4.74 Å². The summed E-state index contributed by atoms with van der Waals surface area (Å²) in [5.74, 6) is 1.29. The van der Waals surface area contributed by atoms with Crippen LogP contribution in [0.5, 0.6) is 5.75 Å². The van der Waals surface area contributed by atoms with Crippen molar-refractivity contribution in [2.24, 2.45) is 11.3 Å². The maximum Gasteiger partial charge on any atom is 0.119 e. The Morgan fingerprint density at radius 3 is 2.90 bits per heavy atom. The summed E-state index contributed by atoms with van der Waals surface area (Å²) in [6.45, 7) is 5.26. The van der Waals surface area contributed by atoms with Crippen LogP contribution in [0, 0.1) is 11.3 Å². The summed E-state index contributed by atoms with van der Waals surface area (Å²) in [6.07, 6.45) is 0.961. The van der Waals surface area contributed by atoms with Gasteiger partial charge in [-0.25, -0.2) is 0 Å². The van der Waals surface area contributed by atoms with E-state index in [1.807, 2.05) is 24.3 Å². The van der Waals surface area contributed by atoms with Crippen molar-refractivity contribution in [2.45, 2.75) is 6.42 Å². The number of nitrogens with zero attached hydrogens (tertiary/aromatic N) is 1. The molecule has 2 saturated heterocycles. The monoisotopic (exact) mass is 311 g/mol. The molecule has 2 atom stereocenters. The zero-order valence-corrected chi connectivity index (χ0v) is 12.9. The summed E-state index contributed by atoms with van der Waals surface area (Å²) >= 11 is 5.85.